The highest BCUT2D eigenvalue weighted by Gasteiger charge is 2.21. The van der Waals surface area contributed by atoms with E-state index in [1.807, 2.05) is 18.2 Å². The highest BCUT2D eigenvalue weighted by Crippen LogP contribution is 2.15. The fourth-order valence-corrected chi connectivity index (χ4v) is 2.06. The highest BCUT2D eigenvalue weighted by atomic mass is 16.7. The maximum atomic E-state index is 10.8. The molecule has 1 heterocycles. The minimum atomic E-state index is -0.251. The van der Waals surface area contributed by atoms with Crippen LogP contribution < -0.4 is 0 Å². The molecule has 4 heteroatoms. The summed E-state index contributed by atoms with van der Waals surface area (Å²) in [5.74, 6) is -0.251. The second-order valence-electron chi connectivity index (χ2n) is 4.51. The average Bonchev–Trinajstić information content (AvgIpc) is 2.38. The second-order valence-corrected chi connectivity index (χ2v) is 4.51. The van der Waals surface area contributed by atoms with Gasteiger partial charge in [-0.25, -0.2) is 0 Å². The Balaban J connectivity index is 1.69. The Kier molecular flexibility index (Phi) is 4.73. The van der Waals surface area contributed by atoms with Crippen molar-refractivity contribution in [3.05, 3.63) is 35.9 Å². The number of hydroxylamine groups is 2. The zero-order valence-electron chi connectivity index (χ0n) is 10.7. The zero-order chi connectivity index (χ0) is 12.8. The van der Waals surface area contributed by atoms with E-state index in [0.717, 1.165) is 25.9 Å². The summed E-state index contributed by atoms with van der Waals surface area (Å²) in [5, 5.41) is 1.71. The number of hydrogen-bond donors (Lipinski definition) is 0. The molecular weight excluding hydrogens is 230 g/mol. The van der Waals surface area contributed by atoms with E-state index in [0.29, 0.717) is 6.61 Å². The second kappa shape index (κ2) is 6.52. The average molecular weight is 249 g/mol. The molecule has 1 saturated heterocycles. The molecule has 0 bridgehead atoms. The molecule has 0 aliphatic carbocycles. The van der Waals surface area contributed by atoms with E-state index in [2.05, 4.69) is 12.1 Å². The largest absolute Gasteiger partial charge is 0.373 e. The standard InChI is InChI=1S/C14H19NO3/c1-12(16)18-15-9-7-14(8-10-15)17-11-13-5-3-2-4-6-13/h2-6,14H,7-11H2,1H3. The van der Waals surface area contributed by atoms with Crippen molar-refractivity contribution in [3.63, 3.8) is 0 Å². The molecule has 0 saturated carbocycles. The third-order valence-corrected chi connectivity index (χ3v) is 2.99. The maximum absolute atomic E-state index is 10.8. The van der Waals surface area contributed by atoms with Crippen molar-refractivity contribution in [1.29, 1.82) is 0 Å². The number of benzene rings is 1. The Hall–Kier alpha value is -1.39. The van der Waals surface area contributed by atoms with Gasteiger partial charge in [-0.1, -0.05) is 30.3 Å². The van der Waals surface area contributed by atoms with Gasteiger partial charge < -0.3 is 9.57 Å². The number of hydrogen-bond acceptors (Lipinski definition) is 4. The number of carbonyl (C=O) groups excluding carboxylic acids is 1. The normalized spacial score (nSPS) is 17.6. The first-order chi connectivity index (χ1) is 8.74. The SMILES string of the molecule is CC(=O)ON1CCC(OCc2ccccc2)CC1. The van der Waals surface area contributed by atoms with Crippen LogP contribution in [0.2, 0.25) is 0 Å². The molecular formula is C14H19NO3. The van der Waals surface area contributed by atoms with Crippen LogP contribution in [0.5, 0.6) is 0 Å². The third kappa shape index (κ3) is 4.13. The van der Waals surface area contributed by atoms with Crippen molar-refractivity contribution in [3.8, 4) is 0 Å². The van der Waals surface area contributed by atoms with Crippen LogP contribution in [0.1, 0.15) is 25.3 Å². The highest BCUT2D eigenvalue weighted by molar-refractivity contribution is 5.65. The molecule has 1 aliphatic rings. The van der Waals surface area contributed by atoms with Crippen molar-refractivity contribution in [1.82, 2.24) is 5.06 Å². The first-order valence-corrected chi connectivity index (χ1v) is 6.33. The number of carbonyl (C=O) groups is 1. The van der Waals surface area contributed by atoms with Crippen LogP contribution >= 0.6 is 0 Å². The number of nitrogens with zero attached hydrogens (tertiary/aromatic N) is 1. The van der Waals surface area contributed by atoms with Gasteiger partial charge in [0, 0.05) is 20.0 Å². The van der Waals surface area contributed by atoms with Gasteiger partial charge in [0.15, 0.2) is 0 Å². The quantitative estimate of drug-likeness (QED) is 0.819. The zero-order valence-corrected chi connectivity index (χ0v) is 10.7. The van der Waals surface area contributed by atoms with Gasteiger partial charge in [-0.2, -0.15) is 0 Å². The van der Waals surface area contributed by atoms with Crippen LogP contribution in [-0.2, 0) is 21.0 Å². The predicted molar refractivity (Wildman–Crippen MR) is 67.6 cm³/mol. The van der Waals surface area contributed by atoms with Gasteiger partial charge in [0.2, 0.25) is 0 Å². The van der Waals surface area contributed by atoms with Gasteiger partial charge >= 0.3 is 5.97 Å². The van der Waals surface area contributed by atoms with Gasteiger partial charge in [-0.3, -0.25) is 4.79 Å². The van der Waals surface area contributed by atoms with Gasteiger partial charge in [0.05, 0.1) is 12.7 Å². The summed E-state index contributed by atoms with van der Waals surface area (Å²) >= 11 is 0. The maximum Gasteiger partial charge on any atom is 0.322 e. The van der Waals surface area contributed by atoms with Crippen molar-refractivity contribution in [2.75, 3.05) is 13.1 Å². The first-order valence-electron chi connectivity index (χ1n) is 6.33. The molecule has 0 spiro atoms. The molecule has 0 aromatic heterocycles. The minimum absolute atomic E-state index is 0.251. The van der Waals surface area contributed by atoms with E-state index in [-0.39, 0.29) is 12.1 Å². The number of ether oxygens (including phenoxy) is 1. The summed E-state index contributed by atoms with van der Waals surface area (Å²) in [6.45, 7) is 3.58. The Morgan fingerprint density at radius 1 is 1.28 bits per heavy atom. The summed E-state index contributed by atoms with van der Waals surface area (Å²) in [6.07, 6.45) is 2.07. The third-order valence-electron chi connectivity index (χ3n) is 2.99. The molecule has 2 rings (SSSR count). The lowest BCUT2D eigenvalue weighted by molar-refractivity contribution is -0.198. The first kappa shape index (κ1) is 13.1. The van der Waals surface area contributed by atoms with Crippen LogP contribution in [0, 0.1) is 0 Å². The van der Waals surface area contributed by atoms with E-state index in [1.54, 1.807) is 5.06 Å². The predicted octanol–water partition coefficient (Wildman–Crippen LogP) is 2.15. The Morgan fingerprint density at radius 3 is 2.56 bits per heavy atom. The van der Waals surface area contributed by atoms with Crippen LogP contribution in [0.25, 0.3) is 0 Å². The molecule has 1 aromatic carbocycles. The van der Waals surface area contributed by atoms with E-state index < -0.39 is 0 Å². The summed E-state index contributed by atoms with van der Waals surface area (Å²) in [6, 6.07) is 10.2. The topological polar surface area (TPSA) is 38.8 Å². The number of piperidine rings is 1. The van der Waals surface area contributed by atoms with E-state index in [9.17, 15) is 4.79 Å². The molecule has 1 aromatic rings. The summed E-state index contributed by atoms with van der Waals surface area (Å²) in [7, 11) is 0. The van der Waals surface area contributed by atoms with Crippen LogP contribution in [-0.4, -0.2) is 30.2 Å². The molecule has 1 aliphatic heterocycles. The lowest BCUT2D eigenvalue weighted by Crippen LogP contribution is -2.37. The van der Waals surface area contributed by atoms with Crippen LogP contribution in [0.15, 0.2) is 30.3 Å². The Morgan fingerprint density at radius 2 is 1.94 bits per heavy atom. The fraction of sp³-hybridized carbons (Fsp3) is 0.500. The van der Waals surface area contributed by atoms with E-state index in [4.69, 9.17) is 9.57 Å². The van der Waals surface area contributed by atoms with Gasteiger partial charge in [0.1, 0.15) is 0 Å². The Labute approximate surface area is 107 Å². The summed E-state index contributed by atoms with van der Waals surface area (Å²) in [4.78, 5) is 15.9. The van der Waals surface area contributed by atoms with Crippen LogP contribution in [0.3, 0.4) is 0 Å². The monoisotopic (exact) mass is 249 g/mol. The van der Waals surface area contributed by atoms with Gasteiger partial charge in [0.25, 0.3) is 0 Å². The summed E-state index contributed by atoms with van der Waals surface area (Å²) in [5.41, 5.74) is 1.19. The lowest BCUT2D eigenvalue weighted by Gasteiger charge is -2.30. The molecule has 0 radical (unpaired) electrons. The molecule has 0 N–H and O–H groups in total. The van der Waals surface area contributed by atoms with Crippen molar-refractivity contribution < 1.29 is 14.4 Å². The molecule has 0 amide bonds. The summed E-state index contributed by atoms with van der Waals surface area (Å²) < 4.78 is 5.86. The van der Waals surface area contributed by atoms with Crippen molar-refractivity contribution in [2.24, 2.45) is 0 Å². The van der Waals surface area contributed by atoms with E-state index >= 15 is 0 Å². The minimum Gasteiger partial charge on any atom is -0.373 e. The smallest absolute Gasteiger partial charge is 0.322 e. The van der Waals surface area contributed by atoms with Crippen LogP contribution in [0.4, 0.5) is 0 Å². The van der Waals surface area contributed by atoms with Gasteiger partial charge in [-0.15, -0.1) is 5.06 Å². The lowest BCUT2D eigenvalue weighted by atomic mass is 10.1. The van der Waals surface area contributed by atoms with Crippen molar-refractivity contribution >= 4 is 5.97 Å². The fourth-order valence-electron chi connectivity index (χ4n) is 2.06. The molecule has 0 unspecified atom stereocenters. The number of rotatable bonds is 4. The molecule has 0 atom stereocenters. The Bertz CT molecular complexity index is 372. The molecule has 1 fully saturated rings. The van der Waals surface area contributed by atoms with E-state index in [1.165, 1.54) is 12.5 Å². The molecule has 18 heavy (non-hydrogen) atoms. The molecule has 4 nitrogen and oxygen atoms in total. The molecule has 98 valence electrons. The van der Waals surface area contributed by atoms with Crippen molar-refractivity contribution in [2.45, 2.75) is 32.5 Å². The van der Waals surface area contributed by atoms with Gasteiger partial charge in [-0.05, 0) is 18.4 Å².